The van der Waals surface area contributed by atoms with E-state index in [1.165, 1.54) is 12.8 Å². The molecule has 0 bridgehead atoms. The van der Waals surface area contributed by atoms with Crippen LogP contribution in [0.15, 0.2) is 0 Å². The van der Waals surface area contributed by atoms with Crippen molar-refractivity contribution in [1.82, 2.24) is 4.90 Å². The van der Waals surface area contributed by atoms with Crippen LogP contribution < -0.4 is 5.73 Å². The van der Waals surface area contributed by atoms with Crippen LogP contribution >= 0.6 is 0 Å². The van der Waals surface area contributed by atoms with Gasteiger partial charge >= 0.3 is 0 Å². The zero-order valence-electron chi connectivity index (χ0n) is 11.6. The van der Waals surface area contributed by atoms with Gasteiger partial charge in [0.15, 0.2) is 0 Å². The van der Waals surface area contributed by atoms with E-state index < -0.39 is 0 Å². The molecule has 0 spiro atoms. The Morgan fingerprint density at radius 2 is 2.06 bits per heavy atom. The smallest absolute Gasteiger partial charge is 0.251 e. The van der Waals surface area contributed by atoms with Crippen LogP contribution in [0.3, 0.4) is 0 Å². The van der Waals surface area contributed by atoms with E-state index in [9.17, 15) is 4.79 Å². The third-order valence-corrected chi connectivity index (χ3v) is 4.29. The van der Waals surface area contributed by atoms with Gasteiger partial charge in [-0.1, -0.05) is 13.3 Å². The summed E-state index contributed by atoms with van der Waals surface area (Å²) in [4.78, 5) is 14.6. The van der Waals surface area contributed by atoms with Crippen molar-refractivity contribution in [3.8, 4) is 0 Å². The fourth-order valence-electron chi connectivity index (χ4n) is 3.08. The molecule has 2 unspecified atom stereocenters. The van der Waals surface area contributed by atoms with Crippen molar-refractivity contribution in [2.45, 2.75) is 64.2 Å². The summed E-state index contributed by atoms with van der Waals surface area (Å²) in [6.45, 7) is 5.80. The Labute approximate surface area is 110 Å². The van der Waals surface area contributed by atoms with Crippen molar-refractivity contribution >= 4 is 5.91 Å². The zero-order valence-corrected chi connectivity index (χ0v) is 11.6. The summed E-state index contributed by atoms with van der Waals surface area (Å²) < 4.78 is 5.73. The Kier molecular flexibility index (Phi) is 4.62. The second-order valence-corrected chi connectivity index (χ2v) is 5.94. The maximum absolute atomic E-state index is 12.5. The van der Waals surface area contributed by atoms with E-state index in [4.69, 9.17) is 10.5 Å². The first kappa shape index (κ1) is 13.8. The van der Waals surface area contributed by atoms with Gasteiger partial charge in [0, 0.05) is 19.1 Å². The number of nitrogens with two attached hydrogens (primary N) is 1. The van der Waals surface area contributed by atoms with Gasteiger partial charge in [0.25, 0.3) is 5.91 Å². The van der Waals surface area contributed by atoms with Gasteiger partial charge in [-0.2, -0.15) is 0 Å². The average Bonchev–Trinajstić information content (AvgIpc) is 2.77. The molecule has 2 fully saturated rings. The number of carbonyl (C=O) groups excluding carboxylic acids is 1. The lowest BCUT2D eigenvalue weighted by molar-refractivity contribution is -0.145. The van der Waals surface area contributed by atoms with E-state index in [1.807, 2.05) is 4.90 Å². The summed E-state index contributed by atoms with van der Waals surface area (Å²) in [6.07, 6.45) is 5.16. The molecule has 0 aliphatic carbocycles. The van der Waals surface area contributed by atoms with Gasteiger partial charge in [-0.15, -0.1) is 0 Å². The van der Waals surface area contributed by atoms with E-state index in [0.29, 0.717) is 18.5 Å². The number of carbonyl (C=O) groups is 1. The second kappa shape index (κ2) is 6.02. The zero-order chi connectivity index (χ0) is 13.1. The van der Waals surface area contributed by atoms with Gasteiger partial charge in [-0.25, -0.2) is 0 Å². The summed E-state index contributed by atoms with van der Waals surface area (Å²) in [5, 5.41) is 0. The number of ether oxygens (including phenoxy) is 1. The van der Waals surface area contributed by atoms with Gasteiger partial charge in [-0.05, 0) is 38.5 Å². The molecule has 18 heavy (non-hydrogen) atoms. The first-order valence-electron chi connectivity index (χ1n) is 7.27. The van der Waals surface area contributed by atoms with Crippen molar-refractivity contribution in [2.24, 2.45) is 11.7 Å². The fourth-order valence-corrected chi connectivity index (χ4v) is 3.08. The van der Waals surface area contributed by atoms with E-state index >= 15 is 0 Å². The van der Waals surface area contributed by atoms with Crippen LogP contribution in [0.4, 0.5) is 0 Å². The Bertz CT molecular complexity index is 296. The summed E-state index contributed by atoms with van der Waals surface area (Å²) in [5.41, 5.74) is 5.60. The van der Waals surface area contributed by atoms with E-state index in [0.717, 1.165) is 25.8 Å². The molecule has 2 saturated heterocycles. The van der Waals surface area contributed by atoms with Crippen molar-refractivity contribution in [3.05, 3.63) is 0 Å². The number of hydrogen-bond donors (Lipinski definition) is 1. The van der Waals surface area contributed by atoms with Crippen LogP contribution in [0.1, 0.15) is 46.0 Å². The lowest BCUT2D eigenvalue weighted by Crippen LogP contribution is -2.45. The summed E-state index contributed by atoms with van der Waals surface area (Å²) in [6, 6.07) is 0.350. The lowest BCUT2D eigenvalue weighted by atomic mass is 10.1. The van der Waals surface area contributed by atoms with Crippen molar-refractivity contribution in [3.63, 3.8) is 0 Å². The number of likely N-dealkylation sites (tertiary alicyclic amines) is 1. The molecule has 4 nitrogen and oxygen atoms in total. The first-order chi connectivity index (χ1) is 8.61. The topological polar surface area (TPSA) is 55.6 Å². The second-order valence-electron chi connectivity index (χ2n) is 5.94. The molecule has 2 heterocycles. The molecule has 0 aromatic rings. The number of amides is 1. The molecule has 2 rings (SSSR count). The number of nitrogens with zero attached hydrogens (tertiary/aromatic N) is 1. The first-order valence-corrected chi connectivity index (χ1v) is 7.27. The van der Waals surface area contributed by atoms with Crippen LogP contribution in [0.5, 0.6) is 0 Å². The molecule has 4 heteroatoms. The standard InChI is InChI=1S/C14H26N2O2/c1-10-4-3-5-11(2)16(9-10)14(17)13-7-6-12(8-15)18-13/h10-13H,3-9,15H2,1-2H3/t10?,11?,12-,13+/m1/s1. The maximum Gasteiger partial charge on any atom is 0.251 e. The SMILES string of the molecule is CC1CCCC(C)N(C(=O)[C@@H]2CC[C@H](CN)O2)C1. The van der Waals surface area contributed by atoms with Crippen LogP contribution in [-0.4, -0.2) is 42.1 Å². The minimum Gasteiger partial charge on any atom is -0.364 e. The molecule has 0 aromatic heterocycles. The van der Waals surface area contributed by atoms with Crippen LogP contribution in [0, 0.1) is 5.92 Å². The molecule has 0 radical (unpaired) electrons. The highest BCUT2D eigenvalue weighted by Crippen LogP contribution is 2.26. The normalized spacial score (nSPS) is 37.6. The predicted octanol–water partition coefficient (Wildman–Crippen LogP) is 1.53. The molecular weight excluding hydrogens is 228 g/mol. The van der Waals surface area contributed by atoms with Crippen LogP contribution in [0.25, 0.3) is 0 Å². The molecule has 0 aromatic carbocycles. The summed E-state index contributed by atoms with van der Waals surface area (Å²) in [7, 11) is 0. The Balaban J connectivity index is 1.98. The van der Waals surface area contributed by atoms with Gasteiger partial charge in [0.1, 0.15) is 6.10 Å². The summed E-state index contributed by atoms with van der Waals surface area (Å²) in [5.74, 6) is 0.790. The molecule has 2 aliphatic heterocycles. The highest BCUT2D eigenvalue weighted by atomic mass is 16.5. The van der Waals surface area contributed by atoms with Crippen molar-refractivity contribution < 1.29 is 9.53 Å². The number of rotatable bonds is 2. The highest BCUT2D eigenvalue weighted by Gasteiger charge is 2.35. The van der Waals surface area contributed by atoms with Crippen molar-refractivity contribution in [2.75, 3.05) is 13.1 Å². The Hall–Kier alpha value is -0.610. The predicted molar refractivity (Wildman–Crippen MR) is 71.1 cm³/mol. The third-order valence-electron chi connectivity index (χ3n) is 4.29. The molecular formula is C14H26N2O2. The quantitative estimate of drug-likeness (QED) is 0.813. The minimum atomic E-state index is -0.244. The minimum absolute atomic E-state index is 0.0821. The molecule has 2 N–H and O–H groups in total. The Morgan fingerprint density at radius 1 is 1.28 bits per heavy atom. The average molecular weight is 254 g/mol. The van der Waals surface area contributed by atoms with E-state index in [1.54, 1.807) is 0 Å². The molecule has 104 valence electrons. The lowest BCUT2D eigenvalue weighted by Gasteiger charge is -2.31. The highest BCUT2D eigenvalue weighted by molar-refractivity contribution is 5.81. The van der Waals surface area contributed by atoms with Crippen LogP contribution in [0.2, 0.25) is 0 Å². The van der Waals surface area contributed by atoms with Crippen LogP contribution in [-0.2, 0) is 9.53 Å². The maximum atomic E-state index is 12.5. The van der Waals surface area contributed by atoms with E-state index in [2.05, 4.69) is 13.8 Å². The molecule has 0 saturated carbocycles. The van der Waals surface area contributed by atoms with Gasteiger partial charge in [0.2, 0.25) is 0 Å². The molecule has 1 amide bonds. The van der Waals surface area contributed by atoms with E-state index in [-0.39, 0.29) is 18.1 Å². The third kappa shape index (κ3) is 3.04. The fraction of sp³-hybridized carbons (Fsp3) is 0.929. The number of hydrogen-bond acceptors (Lipinski definition) is 3. The van der Waals surface area contributed by atoms with Gasteiger partial charge in [-0.3, -0.25) is 4.79 Å². The Morgan fingerprint density at radius 3 is 2.72 bits per heavy atom. The largest absolute Gasteiger partial charge is 0.364 e. The molecule has 2 aliphatic rings. The monoisotopic (exact) mass is 254 g/mol. The van der Waals surface area contributed by atoms with Gasteiger partial charge in [0.05, 0.1) is 6.10 Å². The van der Waals surface area contributed by atoms with Crippen molar-refractivity contribution in [1.29, 1.82) is 0 Å². The summed E-state index contributed by atoms with van der Waals surface area (Å²) >= 11 is 0. The van der Waals surface area contributed by atoms with Gasteiger partial charge < -0.3 is 15.4 Å². The molecule has 4 atom stereocenters.